The summed E-state index contributed by atoms with van der Waals surface area (Å²) in [7, 11) is 0. The number of anilines is 1. The van der Waals surface area contributed by atoms with Crippen LogP contribution in [0.25, 0.3) is 10.8 Å². The molecule has 0 saturated heterocycles. The standard InChI is InChI=1S/C15H13F2NO2.C2H6/c1-4-7-10-8(6(2)3)5-9(18)14(19)11(10)13(17)15(20)12(7)16;1-2/h1,5-6,19-20H,18H2,2-3H3;1-2H3. The van der Waals surface area contributed by atoms with Gasteiger partial charge in [-0.1, -0.05) is 33.6 Å². The molecule has 2 aromatic carbocycles. The van der Waals surface area contributed by atoms with Crippen molar-refractivity contribution in [3.05, 3.63) is 28.8 Å². The zero-order valence-electron chi connectivity index (χ0n) is 13.0. The van der Waals surface area contributed by atoms with Crippen molar-refractivity contribution in [1.29, 1.82) is 0 Å². The van der Waals surface area contributed by atoms with Crippen molar-refractivity contribution in [2.45, 2.75) is 33.6 Å². The summed E-state index contributed by atoms with van der Waals surface area (Å²) in [5, 5.41) is 19.1. The second-order valence-corrected chi connectivity index (χ2v) is 4.80. The third-order valence-corrected chi connectivity index (χ3v) is 3.23. The zero-order valence-corrected chi connectivity index (χ0v) is 13.0. The second-order valence-electron chi connectivity index (χ2n) is 4.80. The number of hydrogen-bond acceptors (Lipinski definition) is 3. The highest BCUT2D eigenvalue weighted by Gasteiger charge is 2.25. The number of phenolic OH excluding ortho intramolecular Hbond substituents is 2. The van der Waals surface area contributed by atoms with Crippen LogP contribution < -0.4 is 5.73 Å². The summed E-state index contributed by atoms with van der Waals surface area (Å²) in [6, 6.07) is 1.43. The minimum Gasteiger partial charge on any atom is -0.505 e. The molecule has 0 saturated carbocycles. The fourth-order valence-electron chi connectivity index (χ4n) is 2.23. The van der Waals surface area contributed by atoms with E-state index in [1.54, 1.807) is 13.8 Å². The summed E-state index contributed by atoms with van der Waals surface area (Å²) in [5.74, 6) is -2.31. The SMILES string of the molecule is C#Cc1c(F)c(O)c(F)c2c(O)c(N)cc(C(C)C)c12.CC. The Bertz CT molecular complexity index is 762. The molecule has 5 heteroatoms. The highest BCUT2D eigenvalue weighted by atomic mass is 19.1. The molecule has 0 aliphatic heterocycles. The Labute approximate surface area is 128 Å². The Morgan fingerprint density at radius 1 is 1.09 bits per heavy atom. The maximum atomic E-state index is 14.1. The fourth-order valence-corrected chi connectivity index (χ4v) is 2.23. The number of benzene rings is 2. The van der Waals surface area contributed by atoms with E-state index >= 15 is 0 Å². The Kier molecular flexibility index (Phi) is 5.21. The molecule has 0 amide bonds. The van der Waals surface area contributed by atoms with Gasteiger partial charge >= 0.3 is 0 Å². The molecule has 0 aliphatic rings. The molecule has 0 atom stereocenters. The monoisotopic (exact) mass is 307 g/mol. The van der Waals surface area contributed by atoms with E-state index < -0.39 is 23.1 Å². The van der Waals surface area contributed by atoms with Gasteiger partial charge in [-0.2, -0.15) is 0 Å². The van der Waals surface area contributed by atoms with Gasteiger partial charge in [0, 0.05) is 5.39 Å². The maximum absolute atomic E-state index is 14.1. The first kappa shape index (κ1) is 17.6. The van der Waals surface area contributed by atoms with Gasteiger partial charge in [0.05, 0.1) is 16.6 Å². The van der Waals surface area contributed by atoms with Crippen LogP contribution in [0.2, 0.25) is 0 Å². The minimum absolute atomic E-state index is 0.0574. The number of nitrogens with two attached hydrogens (primary N) is 1. The minimum atomic E-state index is -1.27. The van der Waals surface area contributed by atoms with Crippen molar-refractivity contribution in [3.8, 4) is 23.8 Å². The van der Waals surface area contributed by atoms with E-state index in [4.69, 9.17) is 12.2 Å². The molecule has 2 rings (SSSR count). The smallest absolute Gasteiger partial charge is 0.189 e. The van der Waals surface area contributed by atoms with Crippen LogP contribution >= 0.6 is 0 Å². The van der Waals surface area contributed by atoms with Gasteiger partial charge in [0.15, 0.2) is 17.4 Å². The highest BCUT2D eigenvalue weighted by molar-refractivity contribution is 6.00. The van der Waals surface area contributed by atoms with Crippen LogP contribution in [0.3, 0.4) is 0 Å². The summed E-state index contributed by atoms with van der Waals surface area (Å²) < 4.78 is 28.0. The molecule has 0 aliphatic carbocycles. The predicted octanol–water partition coefficient (Wildman–Crippen LogP) is 4.24. The number of phenols is 2. The number of aromatic hydroxyl groups is 2. The lowest BCUT2D eigenvalue weighted by molar-refractivity contribution is 0.397. The average molecular weight is 307 g/mol. The van der Waals surface area contributed by atoms with Gasteiger partial charge in [-0.25, -0.2) is 8.78 Å². The zero-order chi connectivity index (χ0) is 17.2. The van der Waals surface area contributed by atoms with Crippen molar-refractivity contribution >= 4 is 16.5 Å². The first-order chi connectivity index (χ1) is 10.3. The summed E-state index contributed by atoms with van der Waals surface area (Å²) >= 11 is 0. The van der Waals surface area contributed by atoms with Gasteiger partial charge in [0.1, 0.15) is 5.75 Å². The second kappa shape index (κ2) is 6.52. The number of fused-ring (bicyclic) bond motifs is 1. The van der Waals surface area contributed by atoms with Crippen LogP contribution in [0.1, 0.15) is 44.7 Å². The summed E-state index contributed by atoms with van der Waals surface area (Å²) in [4.78, 5) is 0. The van der Waals surface area contributed by atoms with Gasteiger partial charge in [-0.15, -0.1) is 6.42 Å². The largest absolute Gasteiger partial charge is 0.505 e. The third kappa shape index (κ3) is 2.52. The molecule has 22 heavy (non-hydrogen) atoms. The number of terminal acetylenes is 1. The summed E-state index contributed by atoms with van der Waals surface area (Å²) in [6.07, 6.45) is 5.26. The van der Waals surface area contributed by atoms with Crippen molar-refractivity contribution in [1.82, 2.24) is 0 Å². The first-order valence-corrected chi connectivity index (χ1v) is 6.92. The Hall–Kier alpha value is -2.48. The van der Waals surface area contributed by atoms with E-state index in [9.17, 15) is 19.0 Å². The third-order valence-electron chi connectivity index (χ3n) is 3.23. The fraction of sp³-hybridized carbons (Fsp3) is 0.294. The quantitative estimate of drug-likeness (QED) is 0.419. The number of nitrogen functional groups attached to an aromatic ring is 1. The van der Waals surface area contributed by atoms with E-state index in [0.717, 1.165) is 0 Å². The Morgan fingerprint density at radius 3 is 2.09 bits per heavy atom. The lowest BCUT2D eigenvalue weighted by atomic mass is 9.90. The molecule has 0 radical (unpaired) electrons. The maximum Gasteiger partial charge on any atom is 0.189 e. The molecule has 118 valence electrons. The average Bonchev–Trinajstić information content (AvgIpc) is 2.50. The molecule has 0 bridgehead atoms. The van der Waals surface area contributed by atoms with Crippen LogP contribution in [0.4, 0.5) is 14.5 Å². The van der Waals surface area contributed by atoms with E-state index in [1.165, 1.54) is 6.07 Å². The molecule has 3 nitrogen and oxygen atoms in total. The van der Waals surface area contributed by atoms with Crippen LogP contribution in [-0.4, -0.2) is 10.2 Å². The van der Waals surface area contributed by atoms with E-state index in [0.29, 0.717) is 5.56 Å². The first-order valence-electron chi connectivity index (χ1n) is 6.92. The van der Waals surface area contributed by atoms with Gasteiger partial charge in [-0.05, 0) is 17.5 Å². The molecule has 0 fully saturated rings. The predicted molar refractivity (Wildman–Crippen MR) is 85.0 cm³/mol. The normalized spacial score (nSPS) is 10.3. The Morgan fingerprint density at radius 2 is 1.64 bits per heavy atom. The molecule has 2 aromatic rings. The lowest BCUT2D eigenvalue weighted by Crippen LogP contribution is -2.01. The molecule has 4 N–H and O–H groups in total. The van der Waals surface area contributed by atoms with Gasteiger partial charge in [0.2, 0.25) is 0 Å². The topological polar surface area (TPSA) is 66.5 Å². The summed E-state index contributed by atoms with van der Waals surface area (Å²) in [6.45, 7) is 7.60. The van der Waals surface area contributed by atoms with Crippen LogP contribution in [0, 0.1) is 24.0 Å². The number of hydrogen-bond donors (Lipinski definition) is 3. The molecule has 0 unspecified atom stereocenters. The van der Waals surface area contributed by atoms with Gasteiger partial charge in [0.25, 0.3) is 0 Å². The van der Waals surface area contributed by atoms with Crippen LogP contribution in [0.15, 0.2) is 6.07 Å². The molecular formula is C17H19F2NO2. The number of rotatable bonds is 1. The van der Waals surface area contributed by atoms with Crippen LogP contribution in [-0.2, 0) is 0 Å². The summed E-state index contributed by atoms with van der Waals surface area (Å²) in [5.41, 5.74) is 5.78. The molecule has 0 aromatic heterocycles. The molecular weight excluding hydrogens is 288 g/mol. The van der Waals surface area contributed by atoms with Crippen LogP contribution in [0.5, 0.6) is 11.5 Å². The highest BCUT2D eigenvalue weighted by Crippen LogP contribution is 2.43. The van der Waals surface area contributed by atoms with Gasteiger partial charge < -0.3 is 15.9 Å². The van der Waals surface area contributed by atoms with E-state index in [-0.39, 0.29) is 27.9 Å². The van der Waals surface area contributed by atoms with Crippen molar-refractivity contribution in [2.75, 3.05) is 5.73 Å². The Balaban J connectivity index is 0.00000116. The van der Waals surface area contributed by atoms with E-state index in [1.807, 2.05) is 13.8 Å². The van der Waals surface area contributed by atoms with Crippen molar-refractivity contribution < 1.29 is 19.0 Å². The van der Waals surface area contributed by atoms with Crippen molar-refractivity contribution in [3.63, 3.8) is 0 Å². The number of halogens is 2. The van der Waals surface area contributed by atoms with Gasteiger partial charge in [-0.3, -0.25) is 0 Å². The molecule has 0 spiro atoms. The lowest BCUT2D eigenvalue weighted by Gasteiger charge is -2.17. The van der Waals surface area contributed by atoms with E-state index in [2.05, 4.69) is 5.92 Å². The molecule has 0 heterocycles. The van der Waals surface area contributed by atoms with Crippen molar-refractivity contribution in [2.24, 2.45) is 0 Å².